The van der Waals surface area contributed by atoms with Gasteiger partial charge in [0.25, 0.3) is 0 Å². The number of rotatable bonds is 4. The molecule has 0 atom stereocenters. The summed E-state index contributed by atoms with van der Waals surface area (Å²) in [5, 5.41) is 2.42. The molecule has 34 heavy (non-hydrogen) atoms. The van der Waals surface area contributed by atoms with Crippen LogP contribution < -0.4 is 4.74 Å². The van der Waals surface area contributed by atoms with Gasteiger partial charge in [0.1, 0.15) is 11.6 Å². The van der Waals surface area contributed by atoms with Gasteiger partial charge in [-0.2, -0.15) is 0 Å². The highest BCUT2D eigenvalue weighted by Gasteiger charge is 2.14. The van der Waals surface area contributed by atoms with Crippen molar-refractivity contribution in [2.24, 2.45) is 0 Å². The summed E-state index contributed by atoms with van der Waals surface area (Å²) in [5.41, 5.74) is 6.78. The van der Waals surface area contributed by atoms with Crippen LogP contribution in [0.2, 0.25) is 0 Å². The first-order valence-corrected chi connectivity index (χ1v) is 11.3. The van der Waals surface area contributed by atoms with Gasteiger partial charge in [-0.3, -0.25) is 4.57 Å². The molecule has 6 aromatic rings. The van der Waals surface area contributed by atoms with E-state index >= 15 is 0 Å². The van der Waals surface area contributed by atoms with Gasteiger partial charge >= 0.3 is 0 Å². The van der Waals surface area contributed by atoms with Crippen molar-refractivity contribution in [3.05, 3.63) is 115 Å². The fourth-order valence-electron chi connectivity index (χ4n) is 4.46. The van der Waals surface area contributed by atoms with E-state index in [2.05, 4.69) is 82.1 Å². The Hall–Kier alpha value is -4.44. The number of aryl methyl sites for hydroxylation is 2. The molecule has 4 nitrogen and oxygen atoms in total. The lowest BCUT2D eigenvalue weighted by molar-refractivity contribution is 0.462. The third kappa shape index (κ3) is 3.59. The molecule has 0 aliphatic carbocycles. The topological polar surface area (TPSA) is 39.9 Å². The molecule has 0 radical (unpaired) electrons. The standard InChI is InChI=1S/C30H23N3O/c1-20-12-14-31-29(16-20)33-27-9-4-3-8-25(27)26-11-10-23(19-28(26)33)22-6-5-7-24(18-22)34-30-17-21(2)13-15-32-30/h3-19H,1-2H3. The lowest BCUT2D eigenvalue weighted by atomic mass is 10.0. The number of ether oxygens (including phenoxy) is 1. The highest BCUT2D eigenvalue weighted by Crippen LogP contribution is 2.35. The Bertz CT molecular complexity index is 1670. The summed E-state index contributed by atoms with van der Waals surface area (Å²) in [7, 11) is 0. The number of benzene rings is 3. The smallest absolute Gasteiger partial charge is 0.219 e. The Morgan fingerprint density at radius 1 is 0.618 bits per heavy atom. The molecule has 3 aromatic carbocycles. The summed E-state index contributed by atoms with van der Waals surface area (Å²) in [4.78, 5) is 9.01. The first kappa shape index (κ1) is 20.2. The van der Waals surface area contributed by atoms with Crippen LogP contribution in [0.4, 0.5) is 0 Å². The predicted octanol–water partition coefficient (Wildman–Crippen LogP) is 7.65. The van der Waals surface area contributed by atoms with Crippen molar-refractivity contribution in [3.8, 4) is 28.6 Å². The number of nitrogens with zero attached hydrogens (tertiary/aromatic N) is 3. The van der Waals surface area contributed by atoms with Gasteiger partial charge in [0.05, 0.1) is 11.0 Å². The lowest BCUT2D eigenvalue weighted by Crippen LogP contribution is -1.97. The van der Waals surface area contributed by atoms with Crippen molar-refractivity contribution in [1.29, 1.82) is 0 Å². The Morgan fingerprint density at radius 2 is 1.38 bits per heavy atom. The fourth-order valence-corrected chi connectivity index (χ4v) is 4.46. The molecule has 0 spiro atoms. The summed E-state index contributed by atoms with van der Waals surface area (Å²) >= 11 is 0. The molecule has 0 aliphatic heterocycles. The molecular formula is C30H23N3O. The summed E-state index contributed by atoms with van der Waals surface area (Å²) in [6, 6.07) is 31.3. The lowest BCUT2D eigenvalue weighted by Gasteiger charge is -2.10. The summed E-state index contributed by atoms with van der Waals surface area (Å²) in [6.07, 6.45) is 3.63. The van der Waals surface area contributed by atoms with E-state index in [1.54, 1.807) is 6.20 Å². The van der Waals surface area contributed by atoms with E-state index < -0.39 is 0 Å². The van der Waals surface area contributed by atoms with Crippen LogP contribution in [0.1, 0.15) is 11.1 Å². The van der Waals surface area contributed by atoms with Gasteiger partial charge in [-0.05, 0) is 78.6 Å². The van der Waals surface area contributed by atoms with Gasteiger partial charge < -0.3 is 4.74 Å². The van der Waals surface area contributed by atoms with Crippen LogP contribution in [0.25, 0.3) is 38.8 Å². The summed E-state index contributed by atoms with van der Waals surface area (Å²) < 4.78 is 8.28. The number of hydrogen-bond donors (Lipinski definition) is 0. The highest BCUT2D eigenvalue weighted by molar-refractivity contribution is 6.10. The maximum atomic E-state index is 6.04. The minimum absolute atomic E-state index is 0.596. The van der Waals surface area contributed by atoms with Gasteiger partial charge in [-0.25, -0.2) is 9.97 Å². The van der Waals surface area contributed by atoms with Crippen molar-refractivity contribution in [3.63, 3.8) is 0 Å². The molecule has 6 rings (SSSR count). The van der Waals surface area contributed by atoms with Crippen molar-refractivity contribution in [2.75, 3.05) is 0 Å². The number of fused-ring (bicyclic) bond motifs is 3. The molecule has 164 valence electrons. The minimum atomic E-state index is 0.596. The van der Waals surface area contributed by atoms with Gasteiger partial charge in [-0.15, -0.1) is 0 Å². The fraction of sp³-hybridized carbons (Fsp3) is 0.0667. The minimum Gasteiger partial charge on any atom is -0.439 e. The number of hydrogen-bond acceptors (Lipinski definition) is 3. The Balaban J connectivity index is 1.49. The van der Waals surface area contributed by atoms with Crippen LogP contribution in [0.15, 0.2) is 103 Å². The quantitative estimate of drug-likeness (QED) is 0.282. The highest BCUT2D eigenvalue weighted by atomic mass is 16.5. The number of pyridine rings is 2. The first-order valence-electron chi connectivity index (χ1n) is 11.3. The first-order chi connectivity index (χ1) is 16.7. The SMILES string of the molecule is Cc1ccnc(Oc2cccc(-c3ccc4c5ccccc5n(-c5cc(C)ccn5)c4c3)c2)c1. The maximum absolute atomic E-state index is 6.04. The summed E-state index contributed by atoms with van der Waals surface area (Å²) in [6.45, 7) is 4.13. The second-order valence-electron chi connectivity index (χ2n) is 8.58. The van der Waals surface area contributed by atoms with E-state index in [-0.39, 0.29) is 0 Å². The molecule has 0 bridgehead atoms. The molecule has 0 N–H and O–H groups in total. The van der Waals surface area contributed by atoms with Crippen molar-refractivity contribution < 1.29 is 4.74 Å². The number of aromatic nitrogens is 3. The molecular weight excluding hydrogens is 418 g/mol. The zero-order valence-electron chi connectivity index (χ0n) is 19.1. The van der Waals surface area contributed by atoms with E-state index in [1.807, 2.05) is 43.5 Å². The van der Waals surface area contributed by atoms with Crippen LogP contribution >= 0.6 is 0 Å². The van der Waals surface area contributed by atoms with Crippen LogP contribution in [0.5, 0.6) is 11.6 Å². The molecule has 0 saturated carbocycles. The van der Waals surface area contributed by atoms with Crippen molar-refractivity contribution >= 4 is 21.8 Å². The molecule has 0 unspecified atom stereocenters. The van der Waals surface area contributed by atoms with E-state index in [0.717, 1.165) is 39.3 Å². The van der Waals surface area contributed by atoms with E-state index in [9.17, 15) is 0 Å². The maximum Gasteiger partial charge on any atom is 0.219 e. The summed E-state index contributed by atoms with van der Waals surface area (Å²) in [5.74, 6) is 2.28. The second kappa shape index (κ2) is 8.16. The zero-order valence-corrected chi connectivity index (χ0v) is 19.1. The van der Waals surface area contributed by atoms with E-state index in [4.69, 9.17) is 4.74 Å². The van der Waals surface area contributed by atoms with Crippen LogP contribution in [-0.2, 0) is 0 Å². The third-order valence-corrected chi connectivity index (χ3v) is 6.08. The van der Waals surface area contributed by atoms with Crippen molar-refractivity contribution in [1.82, 2.24) is 14.5 Å². The van der Waals surface area contributed by atoms with Gasteiger partial charge in [-0.1, -0.05) is 42.5 Å². The largest absolute Gasteiger partial charge is 0.439 e. The van der Waals surface area contributed by atoms with Crippen molar-refractivity contribution in [2.45, 2.75) is 13.8 Å². The monoisotopic (exact) mass is 441 g/mol. The number of para-hydroxylation sites is 1. The normalized spacial score (nSPS) is 11.2. The molecule has 4 heteroatoms. The average molecular weight is 442 g/mol. The Morgan fingerprint density at radius 3 is 2.24 bits per heavy atom. The molecule has 0 aliphatic rings. The Kier molecular flexibility index (Phi) is 4.84. The van der Waals surface area contributed by atoms with Gasteiger partial charge in [0.15, 0.2) is 0 Å². The molecule has 0 fully saturated rings. The second-order valence-corrected chi connectivity index (χ2v) is 8.58. The van der Waals surface area contributed by atoms with E-state index in [1.165, 1.54) is 16.3 Å². The third-order valence-electron chi connectivity index (χ3n) is 6.08. The molecule has 3 heterocycles. The van der Waals surface area contributed by atoms with Crippen LogP contribution in [-0.4, -0.2) is 14.5 Å². The predicted molar refractivity (Wildman–Crippen MR) is 138 cm³/mol. The van der Waals surface area contributed by atoms with Crippen LogP contribution in [0.3, 0.4) is 0 Å². The average Bonchev–Trinajstić information content (AvgIpc) is 3.18. The van der Waals surface area contributed by atoms with E-state index in [0.29, 0.717) is 5.88 Å². The zero-order chi connectivity index (χ0) is 23.1. The molecule has 3 aromatic heterocycles. The van der Waals surface area contributed by atoms with Gasteiger partial charge in [0, 0.05) is 29.2 Å². The Labute approximate surface area is 198 Å². The molecule has 0 saturated heterocycles. The molecule has 0 amide bonds. The van der Waals surface area contributed by atoms with Gasteiger partial charge in [0.2, 0.25) is 5.88 Å². The van der Waals surface area contributed by atoms with Crippen LogP contribution in [0, 0.1) is 13.8 Å².